The number of rotatable bonds is 8. The Labute approximate surface area is 227 Å². The second kappa shape index (κ2) is 11.2. The van der Waals surface area contributed by atoms with Crippen LogP contribution in [0.3, 0.4) is 0 Å². The van der Waals surface area contributed by atoms with Crippen LogP contribution in [0.15, 0.2) is 58.4 Å². The van der Waals surface area contributed by atoms with Gasteiger partial charge in [-0.1, -0.05) is 25.5 Å². The van der Waals surface area contributed by atoms with Crippen LogP contribution in [-0.2, 0) is 19.8 Å². The Morgan fingerprint density at radius 3 is 2.32 bits per heavy atom. The predicted molar refractivity (Wildman–Crippen MR) is 133 cm³/mol. The molecule has 0 amide bonds. The Hall–Kier alpha value is -4.40. The van der Waals surface area contributed by atoms with Gasteiger partial charge in [-0.15, -0.1) is 13.2 Å². The van der Waals surface area contributed by atoms with Gasteiger partial charge < -0.3 is 14.6 Å². The Balaban J connectivity index is 1.94. The second-order valence-electron chi connectivity index (χ2n) is 8.89. The van der Waals surface area contributed by atoms with E-state index in [0.717, 1.165) is 39.7 Å². The van der Waals surface area contributed by atoms with Crippen molar-refractivity contribution in [1.82, 2.24) is 19.1 Å². The first-order chi connectivity index (χ1) is 19.2. The lowest BCUT2D eigenvalue weighted by Gasteiger charge is -2.20. The molecule has 218 valence electrons. The second-order valence-corrected chi connectivity index (χ2v) is 8.89. The SMILES string of the molecule is CCCCn1c(=O)c2c(C(O)c3ccc(C(F)(F)F)nc3)c(Oc3cccc(OC(F)(F)F)c3)cnc2n(C)c1=O. The van der Waals surface area contributed by atoms with Gasteiger partial charge in [-0.05, 0) is 24.6 Å². The number of hydrogen-bond donors (Lipinski definition) is 1. The number of nitrogens with zero attached hydrogens (tertiary/aromatic N) is 4. The molecule has 4 aromatic rings. The molecule has 0 saturated carbocycles. The van der Waals surface area contributed by atoms with Gasteiger partial charge in [0.25, 0.3) is 5.56 Å². The highest BCUT2D eigenvalue weighted by atomic mass is 19.4. The molecular weight excluding hydrogens is 562 g/mol. The zero-order valence-electron chi connectivity index (χ0n) is 21.5. The number of ether oxygens (including phenoxy) is 2. The van der Waals surface area contributed by atoms with Crippen molar-refractivity contribution < 1.29 is 40.9 Å². The van der Waals surface area contributed by atoms with Crippen molar-refractivity contribution >= 4 is 11.0 Å². The lowest BCUT2D eigenvalue weighted by Crippen LogP contribution is -2.40. The molecule has 0 radical (unpaired) electrons. The first-order valence-electron chi connectivity index (χ1n) is 12.1. The highest BCUT2D eigenvalue weighted by Crippen LogP contribution is 2.38. The van der Waals surface area contributed by atoms with Crippen molar-refractivity contribution in [2.24, 2.45) is 7.05 Å². The fraction of sp³-hybridized carbons (Fsp3) is 0.308. The molecule has 0 spiro atoms. The molecule has 0 aliphatic rings. The predicted octanol–water partition coefficient (Wildman–Crippen LogP) is 5.08. The molecule has 1 aromatic carbocycles. The van der Waals surface area contributed by atoms with Gasteiger partial charge in [0.15, 0.2) is 5.75 Å². The lowest BCUT2D eigenvalue weighted by molar-refractivity contribution is -0.274. The molecule has 0 aliphatic heterocycles. The van der Waals surface area contributed by atoms with Crippen LogP contribution in [0.25, 0.3) is 11.0 Å². The monoisotopic (exact) mass is 584 g/mol. The molecule has 15 heteroatoms. The number of alkyl halides is 6. The van der Waals surface area contributed by atoms with E-state index in [0.29, 0.717) is 18.9 Å². The standard InChI is InChI=1S/C26H22F6N4O5/c1-3-4-10-36-23(38)20-19(21(37)14-8-9-18(33-12-14)25(27,28)29)17(13-34-22(20)35(2)24(36)39)40-15-6-5-7-16(11-15)41-26(30,31)32/h5-9,11-13,21,37H,3-4,10H2,1-2H3. The van der Waals surface area contributed by atoms with Crippen LogP contribution in [0.2, 0.25) is 0 Å². The van der Waals surface area contributed by atoms with Crippen molar-refractivity contribution in [3.05, 3.63) is 86.5 Å². The van der Waals surface area contributed by atoms with E-state index >= 15 is 0 Å². The van der Waals surface area contributed by atoms with E-state index in [1.54, 1.807) is 0 Å². The number of fused-ring (bicyclic) bond motifs is 1. The van der Waals surface area contributed by atoms with Crippen LogP contribution in [0.1, 0.15) is 42.7 Å². The number of unbranched alkanes of at least 4 members (excludes halogenated alkanes) is 1. The first kappa shape index (κ1) is 29.6. The largest absolute Gasteiger partial charge is 0.573 e. The van der Waals surface area contributed by atoms with Crippen LogP contribution in [0.4, 0.5) is 26.3 Å². The van der Waals surface area contributed by atoms with Crippen LogP contribution in [-0.4, -0.2) is 30.6 Å². The summed E-state index contributed by atoms with van der Waals surface area (Å²) in [6.45, 7) is 1.87. The normalized spacial score (nSPS) is 12.9. The molecule has 1 unspecified atom stereocenters. The topological polar surface area (TPSA) is 108 Å². The van der Waals surface area contributed by atoms with Gasteiger partial charge in [0.2, 0.25) is 0 Å². The average molecular weight is 584 g/mol. The molecule has 1 N–H and O–H groups in total. The lowest BCUT2D eigenvalue weighted by atomic mass is 9.99. The molecular formula is C26H22F6N4O5. The maximum absolute atomic E-state index is 13.6. The zero-order valence-corrected chi connectivity index (χ0v) is 21.5. The summed E-state index contributed by atoms with van der Waals surface area (Å²) < 4.78 is 89.0. The summed E-state index contributed by atoms with van der Waals surface area (Å²) in [5.41, 5.74) is -3.38. The number of aliphatic hydroxyl groups excluding tert-OH is 1. The minimum Gasteiger partial charge on any atom is -0.455 e. The first-order valence-corrected chi connectivity index (χ1v) is 12.1. The van der Waals surface area contributed by atoms with E-state index in [1.807, 2.05) is 6.92 Å². The highest BCUT2D eigenvalue weighted by molar-refractivity contribution is 5.81. The van der Waals surface area contributed by atoms with Crippen molar-refractivity contribution in [2.75, 3.05) is 0 Å². The van der Waals surface area contributed by atoms with Crippen LogP contribution in [0, 0.1) is 0 Å². The molecule has 0 bridgehead atoms. The third-order valence-corrected chi connectivity index (χ3v) is 6.03. The number of hydrogen-bond acceptors (Lipinski definition) is 7. The van der Waals surface area contributed by atoms with E-state index in [4.69, 9.17) is 4.74 Å². The van der Waals surface area contributed by atoms with E-state index < -0.39 is 41.3 Å². The fourth-order valence-electron chi connectivity index (χ4n) is 4.09. The van der Waals surface area contributed by atoms with Crippen LogP contribution >= 0.6 is 0 Å². The van der Waals surface area contributed by atoms with E-state index in [1.165, 1.54) is 19.2 Å². The molecule has 4 rings (SSSR count). The summed E-state index contributed by atoms with van der Waals surface area (Å²) in [6.07, 6.45) is -8.69. The van der Waals surface area contributed by atoms with Crippen molar-refractivity contribution in [1.29, 1.82) is 0 Å². The van der Waals surface area contributed by atoms with Gasteiger partial charge >= 0.3 is 18.2 Å². The summed E-state index contributed by atoms with van der Waals surface area (Å²) in [5.74, 6) is -1.14. The number of pyridine rings is 2. The van der Waals surface area contributed by atoms with Crippen molar-refractivity contribution in [2.45, 2.75) is 45.0 Å². The number of aromatic nitrogens is 4. The van der Waals surface area contributed by atoms with E-state index in [-0.39, 0.29) is 40.2 Å². The third-order valence-electron chi connectivity index (χ3n) is 6.03. The van der Waals surface area contributed by atoms with Crippen molar-refractivity contribution in [3.63, 3.8) is 0 Å². The van der Waals surface area contributed by atoms with Crippen molar-refractivity contribution in [3.8, 4) is 17.2 Å². The number of aliphatic hydroxyl groups is 1. The maximum Gasteiger partial charge on any atom is 0.573 e. The van der Waals surface area contributed by atoms with E-state index in [9.17, 15) is 41.0 Å². The van der Waals surface area contributed by atoms with Gasteiger partial charge in [0, 0.05) is 37.0 Å². The minimum absolute atomic E-state index is 0.0250. The molecule has 3 aromatic heterocycles. The Morgan fingerprint density at radius 1 is 1.00 bits per heavy atom. The minimum atomic E-state index is -4.99. The van der Waals surface area contributed by atoms with Gasteiger partial charge in [-0.3, -0.25) is 18.9 Å². The number of benzene rings is 1. The average Bonchev–Trinajstić information content (AvgIpc) is 2.90. The molecule has 0 fully saturated rings. The summed E-state index contributed by atoms with van der Waals surface area (Å²) in [6, 6.07) is 5.96. The van der Waals surface area contributed by atoms with Gasteiger partial charge in [-0.2, -0.15) is 13.2 Å². The summed E-state index contributed by atoms with van der Waals surface area (Å²) in [5, 5.41) is 11.1. The summed E-state index contributed by atoms with van der Waals surface area (Å²) in [4.78, 5) is 34.0. The summed E-state index contributed by atoms with van der Waals surface area (Å²) in [7, 11) is 1.34. The molecule has 0 aliphatic carbocycles. The van der Waals surface area contributed by atoms with E-state index in [2.05, 4.69) is 14.7 Å². The quantitative estimate of drug-likeness (QED) is 0.288. The van der Waals surface area contributed by atoms with Gasteiger partial charge in [0.1, 0.15) is 28.9 Å². The smallest absolute Gasteiger partial charge is 0.455 e. The molecule has 41 heavy (non-hydrogen) atoms. The summed E-state index contributed by atoms with van der Waals surface area (Å²) >= 11 is 0. The molecule has 1 atom stereocenters. The third kappa shape index (κ3) is 6.34. The molecule has 3 heterocycles. The van der Waals surface area contributed by atoms with Crippen LogP contribution in [0.5, 0.6) is 17.2 Å². The maximum atomic E-state index is 13.6. The van der Waals surface area contributed by atoms with Gasteiger partial charge in [0.05, 0.1) is 11.6 Å². The Bertz CT molecular complexity index is 1680. The zero-order chi connectivity index (χ0) is 30.1. The molecule has 0 saturated heterocycles. The molecule has 9 nitrogen and oxygen atoms in total. The van der Waals surface area contributed by atoms with Gasteiger partial charge in [-0.25, -0.2) is 9.78 Å². The Kier molecular flexibility index (Phi) is 8.10. The highest BCUT2D eigenvalue weighted by Gasteiger charge is 2.33. The number of halogens is 6. The fourth-order valence-corrected chi connectivity index (χ4v) is 4.09. The van der Waals surface area contributed by atoms with Crippen LogP contribution < -0.4 is 20.7 Å². The number of aryl methyl sites for hydroxylation is 1. The Morgan fingerprint density at radius 2 is 1.71 bits per heavy atom.